The second-order valence-corrected chi connectivity index (χ2v) is 8.27. The molecule has 2 aliphatic rings. The number of amides is 1. The zero-order valence-electron chi connectivity index (χ0n) is 18.9. The summed E-state index contributed by atoms with van der Waals surface area (Å²) < 4.78 is 104. The van der Waals surface area contributed by atoms with E-state index in [2.05, 4.69) is 9.64 Å². The van der Waals surface area contributed by atoms with Crippen LogP contribution in [0.25, 0.3) is 0 Å². The summed E-state index contributed by atoms with van der Waals surface area (Å²) in [4.78, 5) is 16.9. The lowest BCUT2D eigenvalue weighted by Crippen LogP contribution is -2.56. The number of benzene rings is 1. The van der Waals surface area contributed by atoms with E-state index in [1.54, 1.807) is 12.1 Å². The van der Waals surface area contributed by atoms with E-state index >= 15 is 0 Å². The summed E-state index contributed by atoms with van der Waals surface area (Å²) in [6.07, 6.45) is -17.4. The first-order valence-electron chi connectivity index (χ1n) is 10.9. The van der Waals surface area contributed by atoms with E-state index in [1.807, 2.05) is 11.0 Å². The lowest BCUT2D eigenvalue weighted by Gasteiger charge is -2.40. The first kappa shape index (κ1) is 27.1. The summed E-state index contributed by atoms with van der Waals surface area (Å²) in [7, 11) is 0. The zero-order valence-corrected chi connectivity index (χ0v) is 18.9. The maximum Gasteiger partial charge on any atom is 0.434 e. The number of anilines is 1. The normalized spacial score (nSPS) is 20.3. The largest absolute Gasteiger partial charge is 0.463 e. The van der Waals surface area contributed by atoms with Crippen molar-refractivity contribution in [1.82, 2.24) is 9.80 Å². The van der Waals surface area contributed by atoms with Crippen molar-refractivity contribution in [2.24, 2.45) is 0 Å². The number of halogens is 7. The van der Waals surface area contributed by atoms with Gasteiger partial charge in [-0.05, 0) is 13.0 Å². The molecule has 2 aliphatic heterocycles. The Bertz CT molecular complexity index is 848. The minimum absolute atomic E-state index is 0.145. The molecule has 1 atom stereocenters. The number of hydrogen-bond acceptors (Lipinski definition) is 6. The van der Waals surface area contributed by atoms with Crippen molar-refractivity contribution >= 4 is 11.8 Å². The molecule has 3 rings (SSSR count). The smallest absolute Gasteiger partial charge is 0.434 e. The summed E-state index contributed by atoms with van der Waals surface area (Å²) in [5.41, 5.74) is 1.49. The molecule has 14 heteroatoms. The summed E-state index contributed by atoms with van der Waals surface area (Å²) in [5.74, 6) is 0.323. The lowest BCUT2D eigenvalue weighted by atomic mass is 10.1. The third kappa shape index (κ3) is 7.03. The van der Waals surface area contributed by atoms with Gasteiger partial charge in [-0.15, -0.1) is 0 Å². The van der Waals surface area contributed by atoms with Gasteiger partial charge in [-0.25, -0.2) is 9.18 Å². The van der Waals surface area contributed by atoms with Crippen LogP contribution in [0.4, 0.5) is 41.2 Å². The van der Waals surface area contributed by atoms with Crippen LogP contribution in [0.1, 0.15) is 12.5 Å². The predicted molar refractivity (Wildman–Crippen MR) is 110 cm³/mol. The Morgan fingerprint density at radius 3 is 2.31 bits per heavy atom. The molecule has 0 bridgehead atoms. The van der Waals surface area contributed by atoms with Crippen LogP contribution >= 0.6 is 0 Å². The van der Waals surface area contributed by atoms with Gasteiger partial charge in [0.25, 0.3) is 6.10 Å². The minimum atomic E-state index is -5.78. The van der Waals surface area contributed by atoms with Crippen LogP contribution in [0.5, 0.6) is 5.75 Å². The Balaban J connectivity index is 1.63. The van der Waals surface area contributed by atoms with Gasteiger partial charge >= 0.3 is 18.4 Å². The van der Waals surface area contributed by atoms with Gasteiger partial charge in [0, 0.05) is 62.6 Å². The van der Waals surface area contributed by atoms with Crippen molar-refractivity contribution in [3.8, 4) is 5.75 Å². The Kier molecular flexibility index (Phi) is 8.57. The third-order valence-corrected chi connectivity index (χ3v) is 5.79. The van der Waals surface area contributed by atoms with E-state index < -0.39 is 37.5 Å². The number of rotatable bonds is 6. The number of alkyl halides is 7. The highest BCUT2D eigenvalue weighted by Crippen LogP contribution is 2.36. The number of piperazine rings is 1. The molecule has 0 radical (unpaired) electrons. The van der Waals surface area contributed by atoms with Crippen molar-refractivity contribution in [3.63, 3.8) is 0 Å². The fraction of sp³-hybridized carbons (Fsp3) is 0.667. The summed E-state index contributed by atoms with van der Waals surface area (Å²) in [5, 5.41) is 0. The van der Waals surface area contributed by atoms with E-state index in [9.17, 15) is 35.5 Å². The van der Waals surface area contributed by atoms with E-state index in [0.29, 0.717) is 37.6 Å². The number of morpholine rings is 1. The number of nitrogens with zero attached hydrogens (tertiary/aromatic N) is 3. The van der Waals surface area contributed by atoms with Crippen molar-refractivity contribution < 1.29 is 49.7 Å². The summed E-state index contributed by atoms with van der Waals surface area (Å²) >= 11 is 0. The highest BCUT2D eigenvalue weighted by Gasteiger charge is 2.60. The van der Waals surface area contributed by atoms with Gasteiger partial charge in [0.1, 0.15) is 5.75 Å². The average Bonchev–Trinajstić information content (AvgIpc) is 2.78. The van der Waals surface area contributed by atoms with Crippen molar-refractivity contribution in [1.29, 1.82) is 0 Å². The van der Waals surface area contributed by atoms with Gasteiger partial charge in [0.15, 0.2) is 0 Å². The quantitative estimate of drug-likeness (QED) is 0.533. The molecule has 2 heterocycles. The Hall–Kier alpha value is -2.48. The van der Waals surface area contributed by atoms with Gasteiger partial charge < -0.3 is 24.0 Å². The number of hydrogen-bond donors (Lipinski definition) is 0. The van der Waals surface area contributed by atoms with Crippen LogP contribution in [-0.2, 0) is 16.0 Å². The molecule has 35 heavy (non-hydrogen) atoms. The van der Waals surface area contributed by atoms with Gasteiger partial charge in [-0.1, -0.05) is 6.07 Å². The van der Waals surface area contributed by atoms with Gasteiger partial charge in [0.05, 0.1) is 13.2 Å². The van der Waals surface area contributed by atoms with E-state index in [0.717, 1.165) is 10.6 Å². The van der Waals surface area contributed by atoms with Crippen molar-refractivity contribution in [2.75, 3.05) is 57.7 Å². The van der Waals surface area contributed by atoms with Crippen LogP contribution in [0.2, 0.25) is 0 Å². The number of carbonyl (C=O) groups is 1. The Morgan fingerprint density at radius 2 is 1.74 bits per heavy atom. The average molecular weight is 517 g/mol. The molecule has 0 unspecified atom stereocenters. The molecule has 0 aromatic heterocycles. The molecule has 1 aromatic carbocycles. The number of ether oxygens (including phenoxy) is 3. The highest BCUT2D eigenvalue weighted by atomic mass is 19.4. The van der Waals surface area contributed by atoms with Crippen LogP contribution < -0.4 is 9.64 Å². The topological polar surface area (TPSA) is 54.5 Å². The van der Waals surface area contributed by atoms with Crippen molar-refractivity contribution in [3.05, 3.63) is 23.8 Å². The maximum absolute atomic E-state index is 13.0. The minimum Gasteiger partial charge on any atom is -0.463 e. The molecule has 0 aliphatic carbocycles. The van der Waals surface area contributed by atoms with Crippen LogP contribution in [0, 0.1) is 0 Å². The van der Waals surface area contributed by atoms with Gasteiger partial charge in [-0.2, -0.15) is 26.3 Å². The number of carbonyl (C=O) groups excluding carboxylic acids is 1. The molecule has 1 aromatic rings. The molecular formula is C21H26F7N3O4. The Morgan fingerprint density at radius 1 is 1.09 bits per heavy atom. The second-order valence-electron chi connectivity index (χ2n) is 8.27. The predicted octanol–water partition coefficient (Wildman–Crippen LogP) is 3.96. The highest BCUT2D eigenvalue weighted by molar-refractivity contribution is 5.68. The molecule has 2 fully saturated rings. The van der Waals surface area contributed by atoms with E-state index in [1.165, 1.54) is 6.92 Å². The summed E-state index contributed by atoms with van der Waals surface area (Å²) in [6, 6.07) is 4.62. The molecule has 198 valence electrons. The molecule has 0 spiro atoms. The fourth-order valence-electron chi connectivity index (χ4n) is 4.06. The van der Waals surface area contributed by atoms with Crippen molar-refractivity contribution in [2.45, 2.75) is 38.0 Å². The zero-order chi connectivity index (χ0) is 25.8. The first-order valence-corrected chi connectivity index (χ1v) is 10.9. The molecular weight excluding hydrogens is 491 g/mol. The van der Waals surface area contributed by atoms with Gasteiger partial charge in [0.2, 0.25) is 6.86 Å². The molecule has 0 N–H and O–H groups in total. The van der Waals surface area contributed by atoms with Crippen LogP contribution in [-0.4, -0.2) is 93.2 Å². The van der Waals surface area contributed by atoms with E-state index in [-0.39, 0.29) is 26.2 Å². The molecule has 0 saturated carbocycles. The van der Waals surface area contributed by atoms with Crippen LogP contribution in [0.3, 0.4) is 0 Å². The standard InChI is InChI=1S/C21H26F7N3O4/c1-14-11-29(4-5-31(14)19(32)35-18(20(23,24)25)21(26,27)28)12-15-2-3-16(10-17(15)34-13-22)30-6-8-33-9-7-30/h2-3,10,14,18H,4-9,11-13H2,1H3/t14-/m1/s1. The Labute approximate surface area is 197 Å². The fourth-order valence-corrected chi connectivity index (χ4v) is 4.06. The van der Waals surface area contributed by atoms with Crippen LogP contribution in [0.15, 0.2) is 18.2 Å². The molecule has 2 saturated heterocycles. The lowest BCUT2D eigenvalue weighted by molar-refractivity contribution is -0.308. The summed E-state index contributed by atoms with van der Waals surface area (Å²) in [6.45, 7) is 3.37. The molecule has 1 amide bonds. The SMILES string of the molecule is C[C@@H]1CN(Cc2ccc(N3CCOCC3)cc2OCF)CCN1C(=O)OC(C(F)(F)F)C(F)(F)F. The second kappa shape index (κ2) is 11.1. The first-order chi connectivity index (χ1) is 16.4. The van der Waals surface area contributed by atoms with Gasteiger partial charge in [-0.3, -0.25) is 4.90 Å². The monoisotopic (exact) mass is 517 g/mol. The third-order valence-electron chi connectivity index (χ3n) is 5.79. The maximum atomic E-state index is 13.0. The van der Waals surface area contributed by atoms with E-state index in [4.69, 9.17) is 9.47 Å². The molecule has 7 nitrogen and oxygen atoms in total.